The van der Waals surface area contributed by atoms with Gasteiger partial charge in [0, 0.05) is 17.3 Å². The van der Waals surface area contributed by atoms with Crippen molar-refractivity contribution in [1.82, 2.24) is 4.98 Å². The minimum atomic E-state index is 0.496. The number of nitrogen functional groups attached to an aromatic ring is 1. The van der Waals surface area contributed by atoms with Crippen LogP contribution >= 0.6 is 0 Å². The summed E-state index contributed by atoms with van der Waals surface area (Å²) < 4.78 is 4.82. The first-order valence-electron chi connectivity index (χ1n) is 3.54. The smallest absolute Gasteiger partial charge is 0.177 e. The van der Waals surface area contributed by atoms with Gasteiger partial charge in [-0.1, -0.05) is 0 Å². The fraction of sp³-hybridized carbons (Fsp3) is 0. The van der Waals surface area contributed by atoms with E-state index in [-0.39, 0.29) is 0 Å². The second-order valence-corrected chi connectivity index (χ2v) is 2.37. The van der Waals surface area contributed by atoms with E-state index in [1.54, 1.807) is 18.5 Å². The number of pyridine rings is 1. The predicted octanol–water partition coefficient (Wildman–Crippen LogP) is 1.72. The summed E-state index contributed by atoms with van der Waals surface area (Å²) in [7, 11) is 0. The van der Waals surface area contributed by atoms with Crippen LogP contribution < -0.4 is 5.73 Å². The molecule has 0 fully saturated rings. The lowest BCUT2D eigenvalue weighted by atomic mass is 10.1. The molecule has 2 aromatic heterocycles. The Bertz CT molecular complexity index is 368. The fourth-order valence-corrected chi connectivity index (χ4v) is 1.02. The number of nitrogens with zero attached hydrogens (tertiary/aromatic N) is 1. The molecule has 2 rings (SSSR count). The van der Waals surface area contributed by atoms with Gasteiger partial charge in [-0.2, -0.15) is 0 Å². The molecule has 2 N–H and O–H groups in total. The zero-order valence-electron chi connectivity index (χ0n) is 6.32. The molecule has 0 unspecified atom stereocenters. The first kappa shape index (κ1) is 6.91. The van der Waals surface area contributed by atoms with E-state index in [1.807, 2.05) is 12.1 Å². The van der Waals surface area contributed by atoms with Gasteiger partial charge in [-0.25, -0.2) is 4.98 Å². The van der Waals surface area contributed by atoms with E-state index in [1.165, 1.54) is 0 Å². The highest BCUT2D eigenvalue weighted by Gasteiger charge is 2.03. The molecule has 2 aromatic rings. The van der Waals surface area contributed by atoms with Crippen molar-refractivity contribution in [3.8, 4) is 11.1 Å². The van der Waals surface area contributed by atoms with Crippen molar-refractivity contribution in [2.45, 2.75) is 0 Å². The van der Waals surface area contributed by atoms with Gasteiger partial charge in [0.15, 0.2) is 6.26 Å². The van der Waals surface area contributed by atoms with Gasteiger partial charge in [0.1, 0.15) is 5.82 Å². The Balaban J connectivity index is 2.55. The van der Waals surface area contributed by atoms with Crippen LogP contribution in [0.5, 0.6) is 0 Å². The van der Waals surface area contributed by atoms with Gasteiger partial charge in [0.25, 0.3) is 0 Å². The van der Waals surface area contributed by atoms with Gasteiger partial charge in [0.2, 0.25) is 0 Å². The SMILES string of the molecule is Nc1ncccc1-c1[c]occ1. The molecule has 59 valence electrons. The van der Waals surface area contributed by atoms with Gasteiger partial charge in [-0.15, -0.1) is 0 Å². The number of furan rings is 1. The Kier molecular flexibility index (Phi) is 1.55. The van der Waals surface area contributed by atoms with Gasteiger partial charge in [0.05, 0.1) is 6.26 Å². The lowest BCUT2D eigenvalue weighted by Gasteiger charge is -1.98. The van der Waals surface area contributed by atoms with Gasteiger partial charge in [-0.3, -0.25) is 0 Å². The second kappa shape index (κ2) is 2.70. The Morgan fingerprint density at radius 3 is 3.00 bits per heavy atom. The lowest BCUT2D eigenvalue weighted by Crippen LogP contribution is -1.91. The molecular weight excluding hydrogens is 152 g/mol. The fourth-order valence-electron chi connectivity index (χ4n) is 1.02. The lowest BCUT2D eigenvalue weighted by molar-refractivity contribution is 0.559. The molecule has 0 amide bonds. The highest BCUT2D eigenvalue weighted by atomic mass is 16.3. The molecule has 0 spiro atoms. The van der Waals surface area contributed by atoms with Crippen LogP contribution in [0.15, 0.2) is 35.1 Å². The highest BCUT2D eigenvalue weighted by Crippen LogP contribution is 2.22. The minimum Gasteiger partial charge on any atom is -0.460 e. The number of nitrogens with two attached hydrogens (primary N) is 1. The van der Waals surface area contributed by atoms with Crippen LogP contribution in [-0.4, -0.2) is 4.98 Å². The Hall–Kier alpha value is -1.77. The van der Waals surface area contributed by atoms with E-state index < -0.39 is 0 Å². The summed E-state index contributed by atoms with van der Waals surface area (Å²) in [6.07, 6.45) is 5.91. The number of anilines is 1. The third-order valence-electron chi connectivity index (χ3n) is 1.60. The van der Waals surface area contributed by atoms with E-state index in [0.29, 0.717) is 5.82 Å². The quantitative estimate of drug-likeness (QED) is 0.689. The average molecular weight is 159 g/mol. The molecule has 0 aliphatic heterocycles. The third kappa shape index (κ3) is 1.05. The average Bonchev–Trinajstić information content (AvgIpc) is 2.57. The summed E-state index contributed by atoms with van der Waals surface area (Å²) in [6.45, 7) is 0. The topological polar surface area (TPSA) is 52.0 Å². The summed E-state index contributed by atoms with van der Waals surface area (Å²) in [5.41, 5.74) is 7.33. The zero-order chi connectivity index (χ0) is 8.39. The molecule has 0 aliphatic rings. The van der Waals surface area contributed by atoms with Crippen molar-refractivity contribution in [3.05, 3.63) is 36.9 Å². The Morgan fingerprint density at radius 1 is 1.42 bits per heavy atom. The van der Waals surface area contributed by atoms with Crippen molar-refractivity contribution in [2.24, 2.45) is 0 Å². The molecule has 3 nitrogen and oxygen atoms in total. The molecule has 3 heteroatoms. The van der Waals surface area contributed by atoms with Crippen LogP contribution in [0.25, 0.3) is 11.1 Å². The Morgan fingerprint density at radius 2 is 2.33 bits per heavy atom. The first-order valence-corrected chi connectivity index (χ1v) is 3.54. The van der Waals surface area contributed by atoms with E-state index in [2.05, 4.69) is 11.2 Å². The number of aromatic nitrogens is 1. The molecule has 0 atom stereocenters. The van der Waals surface area contributed by atoms with Crippen molar-refractivity contribution >= 4 is 5.82 Å². The minimum absolute atomic E-state index is 0.496. The molecule has 0 saturated carbocycles. The summed E-state index contributed by atoms with van der Waals surface area (Å²) in [5, 5.41) is 0. The van der Waals surface area contributed by atoms with Crippen LogP contribution in [-0.2, 0) is 0 Å². The van der Waals surface area contributed by atoms with Crippen molar-refractivity contribution in [2.75, 3.05) is 5.73 Å². The molecule has 2 heterocycles. The van der Waals surface area contributed by atoms with E-state index >= 15 is 0 Å². The number of hydrogen-bond donors (Lipinski definition) is 1. The zero-order valence-corrected chi connectivity index (χ0v) is 6.32. The molecule has 1 radical (unpaired) electrons. The summed E-state index contributed by atoms with van der Waals surface area (Å²) >= 11 is 0. The van der Waals surface area contributed by atoms with Gasteiger partial charge >= 0.3 is 0 Å². The maximum atomic E-state index is 5.64. The Labute approximate surface area is 69.8 Å². The van der Waals surface area contributed by atoms with E-state index in [0.717, 1.165) is 11.1 Å². The standard InChI is InChI=1S/C9H7N2O/c10-9-8(2-1-4-11-9)7-3-5-12-6-7/h1-5H,(H2,10,11). The largest absolute Gasteiger partial charge is 0.460 e. The van der Waals surface area contributed by atoms with Gasteiger partial charge < -0.3 is 10.2 Å². The predicted molar refractivity (Wildman–Crippen MR) is 45.2 cm³/mol. The van der Waals surface area contributed by atoms with Crippen LogP contribution in [0.4, 0.5) is 5.82 Å². The summed E-state index contributed by atoms with van der Waals surface area (Å²) in [6, 6.07) is 5.50. The third-order valence-corrected chi connectivity index (χ3v) is 1.60. The molecule has 0 saturated heterocycles. The summed E-state index contributed by atoms with van der Waals surface area (Å²) in [4.78, 5) is 3.95. The second-order valence-electron chi connectivity index (χ2n) is 2.37. The van der Waals surface area contributed by atoms with Crippen LogP contribution in [0.1, 0.15) is 0 Å². The van der Waals surface area contributed by atoms with Crippen LogP contribution in [0.3, 0.4) is 0 Å². The van der Waals surface area contributed by atoms with Crippen LogP contribution in [0.2, 0.25) is 0 Å². The number of hydrogen-bond acceptors (Lipinski definition) is 3. The monoisotopic (exact) mass is 159 g/mol. The van der Waals surface area contributed by atoms with E-state index in [4.69, 9.17) is 10.2 Å². The van der Waals surface area contributed by atoms with Crippen molar-refractivity contribution in [1.29, 1.82) is 0 Å². The summed E-state index contributed by atoms with van der Waals surface area (Å²) in [5.74, 6) is 0.496. The van der Waals surface area contributed by atoms with Gasteiger partial charge in [-0.05, 0) is 18.2 Å². The molecule has 0 aliphatic carbocycles. The van der Waals surface area contributed by atoms with Crippen LogP contribution in [0, 0.1) is 6.26 Å². The molecular formula is C9H7N2O. The first-order chi connectivity index (χ1) is 5.88. The maximum absolute atomic E-state index is 5.64. The van der Waals surface area contributed by atoms with Crippen molar-refractivity contribution in [3.63, 3.8) is 0 Å². The molecule has 0 bridgehead atoms. The molecule has 12 heavy (non-hydrogen) atoms. The normalized spacial score (nSPS) is 10.0. The van der Waals surface area contributed by atoms with Crippen molar-refractivity contribution < 1.29 is 4.42 Å². The molecule has 0 aromatic carbocycles. The van der Waals surface area contributed by atoms with E-state index in [9.17, 15) is 0 Å². The number of rotatable bonds is 1. The highest BCUT2D eigenvalue weighted by molar-refractivity contribution is 5.71. The maximum Gasteiger partial charge on any atom is 0.177 e.